The van der Waals surface area contributed by atoms with Crippen molar-refractivity contribution in [3.63, 3.8) is 0 Å². The predicted molar refractivity (Wildman–Crippen MR) is 103 cm³/mol. The van der Waals surface area contributed by atoms with Crippen LogP contribution in [0.1, 0.15) is 36.6 Å². The highest BCUT2D eigenvalue weighted by Crippen LogP contribution is 2.27. The lowest BCUT2D eigenvalue weighted by Crippen LogP contribution is -2.31. The fourth-order valence-corrected chi connectivity index (χ4v) is 3.99. The summed E-state index contributed by atoms with van der Waals surface area (Å²) in [6.07, 6.45) is 0. The number of amides is 4. The lowest BCUT2D eigenvalue weighted by atomic mass is 10.1. The molecule has 0 radical (unpaired) electrons. The summed E-state index contributed by atoms with van der Waals surface area (Å²) in [6.45, 7) is 0.469. The minimum absolute atomic E-state index is 0.126. The summed E-state index contributed by atoms with van der Waals surface area (Å²) in [7, 11) is 1.56. The second-order valence-corrected chi connectivity index (χ2v) is 7.42. The van der Waals surface area contributed by atoms with Crippen molar-refractivity contribution in [1.82, 2.24) is 9.80 Å². The maximum absolute atomic E-state index is 12.8. The third kappa shape index (κ3) is 3.05. The Hall–Kier alpha value is -3.13. The van der Waals surface area contributed by atoms with Gasteiger partial charge in [-0.3, -0.25) is 29.0 Å². The van der Waals surface area contributed by atoms with Gasteiger partial charge in [-0.1, -0.05) is 23.9 Å². The Bertz CT molecular complexity index is 1000. The van der Waals surface area contributed by atoms with Gasteiger partial charge < -0.3 is 4.74 Å². The molecule has 1 fully saturated rings. The molecule has 0 bridgehead atoms. The fourth-order valence-electron chi connectivity index (χ4n) is 3.21. The third-order valence-corrected chi connectivity index (χ3v) is 5.58. The molecule has 4 amide bonds. The molecule has 2 aromatic carbocycles. The second kappa shape index (κ2) is 7.12. The zero-order valence-electron chi connectivity index (χ0n) is 15.0. The van der Waals surface area contributed by atoms with E-state index in [2.05, 4.69) is 0 Å². The van der Waals surface area contributed by atoms with Gasteiger partial charge in [-0.15, -0.1) is 0 Å². The molecular weight excluding hydrogens is 380 g/mol. The lowest BCUT2D eigenvalue weighted by molar-refractivity contribution is 0.0642. The highest BCUT2D eigenvalue weighted by Gasteiger charge is 2.37. The van der Waals surface area contributed by atoms with E-state index in [0.29, 0.717) is 18.0 Å². The molecule has 0 atom stereocenters. The summed E-state index contributed by atoms with van der Waals surface area (Å²) in [5.41, 5.74) is 1.45. The second-order valence-electron chi connectivity index (χ2n) is 6.38. The molecule has 0 N–H and O–H groups in total. The molecule has 7 nitrogen and oxygen atoms in total. The summed E-state index contributed by atoms with van der Waals surface area (Å²) in [5.74, 6) is -0.0616. The normalized spacial score (nSPS) is 16.0. The predicted octanol–water partition coefficient (Wildman–Crippen LogP) is 2.80. The SMILES string of the molecule is COc1ccc(CN2C(=O)c3ccc(C(=O)N4CCSC4=O)cc3C2=O)cc1. The average Bonchev–Trinajstić information content (AvgIpc) is 3.25. The van der Waals surface area contributed by atoms with E-state index < -0.39 is 17.7 Å². The highest BCUT2D eigenvalue weighted by atomic mass is 32.2. The number of benzene rings is 2. The Balaban J connectivity index is 1.58. The molecule has 0 saturated carbocycles. The number of carbonyl (C=O) groups is 4. The van der Waals surface area contributed by atoms with Crippen molar-refractivity contribution in [3.05, 3.63) is 64.7 Å². The Morgan fingerprint density at radius 3 is 2.39 bits per heavy atom. The topological polar surface area (TPSA) is 84.0 Å². The minimum atomic E-state index is -0.452. The smallest absolute Gasteiger partial charge is 0.288 e. The van der Waals surface area contributed by atoms with Crippen molar-refractivity contribution in [2.24, 2.45) is 0 Å². The molecule has 0 aliphatic carbocycles. The molecule has 2 aromatic rings. The third-order valence-electron chi connectivity index (χ3n) is 4.72. The van der Waals surface area contributed by atoms with Gasteiger partial charge in [0.25, 0.3) is 23.0 Å². The van der Waals surface area contributed by atoms with E-state index in [1.807, 2.05) is 0 Å². The van der Waals surface area contributed by atoms with Gasteiger partial charge in [-0.25, -0.2) is 0 Å². The molecule has 0 aromatic heterocycles. The van der Waals surface area contributed by atoms with Crippen molar-refractivity contribution in [1.29, 1.82) is 0 Å². The van der Waals surface area contributed by atoms with Crippen LogP contribution >= 0.6 is 11.8 Å². The van der Waals surface area contributed by atoms with Gasteiger partial charge in [0.1, 0.15) is 5.75 Å². The largest absolute Gasteiger partial charge is 0.497 e. The van der Waals surface area contributed by atoms with Crippen LogP contribution in [-0.4, -0.2) is 52.2 Å². The first-order chi connectivity index (χ1) is 13.5. The number of fused-ring (bicyclic) bond motifs is 1. The van der Waals surface area contributed by atoms with E-state index in [1.165, 1.54) is 18.2 Å². The fraction of sp³-hybridized carbons (Fsp3) is 0.200. The molecule has 142 valence electrons. The van der Waals surface area contributed by atoms with Crippen molar-refractivity contribution in [3.8, 4) is 5.75 Å². The standard InChI is InChI=1S/C20H16N2O5S/c1-27-14-5-2-12(3-6-14)11-22-18(24)15-7-4-13(10-16(15)19(22)25)17(23)21-8-9-28-20(21)26/h2-7,10H,8-9,11H2,1H3. The van der Waals surface area contributed by atoms with Crippen LogP contribution in [0, 0.1) is 0 Å². The van der Waals surface area contributed by atoms with Crippen molar-refractivity contribution in [2.45, 2.75) is 6.54 Å². The zero-order valence-corrected chi connectivity index (χ0v) is 15.8. The van der Waals surface area contributed by atoms with E-state index in [-0.39, 0.29) is 28.5 Å². The van der Waals surface area contributed by atoms with Crippen molar-refractivity contribution >= 4 is 34.7 Å². The van der Waals surface area contributed by atoms with Gasteiger partial charge in [-0.05, 0) is 35.9 Å². The first-order valence-corrected chi connectivity index (χ1v) is 9.60. The Morgan fingerprint density at radius 2 is 1.75 bits per heavy atom. The van der Waals surface area contributed by atoms with Crippen LogP contribution in [0.5, 0.6) is 5.75 Å². The summed E-state index contributed by atoms with van der Waals surface area (Å²) in [5, 5.41) is -0.297. The summed E-state index contributed by atoms with van der Waals surface area (Å²) < 4.78 is 5.11. The molecule has 1 saturated heterocycles. The van der Waals surface area contributed by atoms with E-state index in [4.69, 9.17) is 4.74 Å². The van der Waals surface area contributed by atoms with Gasteiger partial charge in [0, 0.05) is 17.9 Å². The van der Waals surface area contributed by atoms with Gasteiger partial charge in [0.15, 0.2) is 0 Å². The molecule has 2 aliphatic rings. The molecule has 2 heterocycles. The van der Waals surface area contributed by atoms with Crippen LogP contribution in [0.15, 0.2) is 42.5 Å². The zero-order chi connectivity index (χ0) is 19.8. The maximum Gasteiger partial charge on any atom is 0.288 e. The van der Waals surface area contributed by atoms with Crippen LogP contribution in [0.2, 0.25) is 0 Å². The van der Waals surface area contributed by atoms with Crippen molar-refractivity contribution < 1.29 is 23.9 Å². The first kappa shape index (κ1) is 18.2. The van der Waals surface area contributed by atoms with E-state index >= 15 is 0 Å². The van der Waals surface area contributed by atoms with Crippen molar-refractivity contribution in [2.75, 3.05) is 19.4 Å². The number of nitrogens with zero attached hydrogens (tertiary/aromatic N) is 2. The highest BCUT2D eigenvalue weighted by molar-refractivity contribution is 8.13. The number of imide groups is 2. The number of rotatable bonds is 4. The van der Waals surface area contributed by atoms with Crippen LogP contribution in [0.4, 0.5) is 4.79 Å². The minimum Gasteiger partial charge on any atom is -0.497 e. The Labute approximate surface area is 165 Å². The van der Waals surface area contributed by atoms with Gasteiger partial charge in [-0.2, -0.15) is 0 Å². The Morgan fingerprint density at radius 1 is 1.04 bits per heavy atom. The Kier molecular flexibility index (Phi) is 4.64. The van der Waals surface area contributed by atoms with E-state index in [9.17, 15) is 19.2 Å². The van der Waals surface area contributed by atoms with E-state index in [1.54, 1.807) is 31.4 Å². The van der Waals surface area contributed by atoms with Crippen LogP contribution in [0.3, 0.4) is 0 Å². The number of methoxy groups -OCH3 is 1. The number of hydrogen-bond donors (Lipinski definition) is 0. The molecule has 28 heavy (non-hydrogen) atoms. The van der Waals surface area contributed by atoms with Crippen LogP contribution in [0.25, 0.3) is 0 Å². The lowest BCUT2D eigenvalue weighted by Gasteiger charge is -2.14. The monoisotopic (exact) mass is 396 g/mol. The number of thioether (sulfide) groups is 1. The summed E-state index contributed by atoms with van der Waals surface area (Å²) in [6, 6.07) is 11.5. The molecule has 8 heteroatoms. The van der Waals surface area contributed by atoms with Gasteiger partial charge in [0.2, 0.25) is 0 Å². The maximum atomic E-state index is 12.8. The van der Waals surface area contributed by atoms with Crippen LogP contribution < -0.4 is 4.74 Å². The molecule has 0 unspecified atom stereocenters. The summed E-state index contributed by atoms with van der Waals surface area (Å²) >= 11 is 1.09. The number of carbonyl (C=O) groups excluding carboxylic acids is 4. The number of ether oxygens (including phenoxy) is 1. The first-order valence-electron chi connectivity index (χ1n) is 8.61. The average molecular weight is 396 g/mol. The van der Waals surface area contributed by atoms with Gasteiger partial charge >= 0.3 is 0 Å². The van der Waals surface area contributed by atoms with Gasteiger partial charge in [0.05, 0.1) is 24.8 Å². The summed E-state index contributed by atoms with van der Waals surface area (Å²) in [4.78, 5) is 52.1. The van der Waals surface area contributed by atoms with Crippen LogP contribution in [-0.2, 0) is 6.54 Å². The quantitative estimate of drug-likeness (QED) is 0.739. The molecular formula is C20H16N2O5S. The number of hydrogen-bond acceptors (Lipinski definition) is 6. The van der Waals surface area contributed by atoms with E-state index in [0.717, 1.165) is 27.1 Å². The molecule has 2 aliphatic heterocycles. The molecule has 0 spiro atoms. The molecule has 4 rings (SSSR count).